The van der Waals surface area contributed by atoms with Crippen LogP contribution in [0.4, 0.5) is 0 Å². The maximum Gasteiger partial charge on any atom is 0.0134 e. The SMILES string of the molecule is CC(C)c1cccc(-c2cccc3c2C=C(C2(C4=Cc5c(cccc5-c5cccc(C(C)C)c5)C4)CCCCC2)C3)c1. The molecule has 0 N–H and O–H groups in total. The molecule has 0 heteroatoms. The van der Waals surface area contributed by atoms with Crippen LogP contribution in [0.2, 0.25) is 0 Å². The van der Waals surface area contributed by atoms with E-state index in [0.29, 0.717) is 11.8 Å². The molecule has 0 heterocycles. The van der Waals surface area contributed by atoms with Gasteiger partial charge >= 0.3 is 0 Å². The van der Waals surface area contributed by atoms with Crippen LogP contribution < -0.4 is 0 Å². The number of hydrogen-bond acceptors (Lipinski definition) is 0. The number of rotatable bonds is 6. The van der Waals surface area contributed by atoms with Gasteiger partial charge in [-0.1, -0.05) is 155 Å². The second kappa shape index (κ2) is 10.9. The smallest absolute Gasteiger partial charge is 0.0134 e. The summed E-state index contributed by atoms with van der Waals surface area (Å²) in [7, 11) is 0. The Bertz CT molecular complexity index is 1580. The van der Waals surface area contributed by atoms with E-state index in [9.17, 15) is 0 Å². The summed E-state index contributed by atoms with van der Waals surface area (Å²) in [6.07, 6.45) is 14.0. The highest BCUT2D eigenvalue weighted by Crippen LogP contribution is 2.55. The summed E-state index contributed by atoms with van der Waals surface area (Å²) in [5, 5.41) is 0. The van der Waals surface area contributed by atoms with Crippen molar-refractivity contribution in [1.82, 2.24) is 0 Å². The van der Waals surface area contributed by atoms with E-state index in [4.69, 9.17) is 0 Å². The molecular weight excluding hydrogens is 504 g/mol. The molecule has 0 atom stereocenters. The second-order valence-electron chi connectivity index (χ2n) is 13.7. The Balaban J connectivity index is 1.30. The molecule has 0 amide bonds. The zero-order valence-corrected chi connectivity index (χ0v) is 25.8. The fraction of sp³-hybridized carbons (Fsp3) is 0.333. The van der Waals surface area contributed by atoms with Gasteiger partial charge in [-0.25, -0.2) is 0 Å². The first-order valence-electron chi connectivity index (χ1n) is 16.3. The molecule has 3 aliphatic rings. The summed E-state index contributed by atoms with van der Waals surface area (Å²) < 4.78 is 0. The van der Waals surface area contributed by atoms with Crippen molar-refractivity contribution in [2.45, 2.75) is 84.5 Å². The van der Waals surface area contributed by atoms with Crippen LogP contribution in [0.15, 0.2) is 96.1 Å². The lowest BCUT2D eigenvalue weighted by atomic mass is 9.63. The van der Waals surface area contributed by atoms with Gasteiger partial charge in [0.05, 0.1) is 0 Å². The summed E-state index contributed by atoms with van der Waals surface area (Å²) in [5.41, 5.74) is 17.8. The van der Waals surface area contributed by atoms with Crippen LogP contribution in [0.25, 0.3) is 34.4 Å². The van der Waals surface area contributed by atoms with Crippen molar-refractivity contribution in [3.8, 4) is 22.3 Å². The van der Waals surface area contributed by atoms with Crippen LogP contribution in [0.1, 0.15) is 105 Å². The molecule has 212 valence electrons. The minimum atomic E-state index is 0.171. The summed E-state index contributed by atoms with van der Waals surface area (Å²) in [6.45, 7) is 9.16. The molecule has 3 aliphatic carbocycles. The molecule has 0 radical (unpaired) electrons. The molecule has 1 fully saturated rings. The Labute approximate surface area is 253 Å². The number of benzene rings is 4. The molecule has 0 unspecified atom stereocenters. The van der Waals surface area contributed by atoms with E-state index >= 15 is 0 Å². The highest BCUT2D eigenvalue weighted by molar-refractivity contribution is 5.85. The van der Waals surface area contributed by atoms with Crippen molar-refractivity contribution >= 4 is 12.2 Å². The number of fused-ring (bicyclic) bond motifs is 2. The summed E-state index contributed by atoms with van der Waals surface area (Å²) in [6, 6.07) is 32.4. The van der Waals surface area contributed by atoms with E-state index in [1.807, 2.05) is 0 Å². The Morgan fingerprint density at radius 2 is 0.976 bits per heavy atom. The predicted molar refractivity (Wildman–Crippen MR) is 181 cm³/mol. The molecule has 0 spiro atoms. The first kappa shape index (κ1) is 27.2. The summed E-state index contributed by atoms with van der Waals surface area (Å²) in [4.78, 5) is 0. The van der Waals surface area contributed by atoms with Gasteiger partial charge in [-0.15, -0.1) is 0 Å². The fourth-order valence-electron chi connectivity index (χ4n) is 7.99. The van der Waals surface area contributed by atoms with Crippen LogP contribution in [0, 0.1) is 5.41 Å². The third-order valence-electron chi connectivity index (χ3n) is 10.5. The van der Waals surface area contributed by atoms with Gasteiger partial charge in [0, 0.05) is 5.41 Å². The number of hydrogen-bond donors (Lipinski definition) is 0. The van der Waals surface area contributed by atoms with Crippen LogP contribution >= 0.6 is 0 Å². The standard InChI is InChI=1S/C42H44/c1-28(2)30-12-8-14-32(22-30)38-18-10-16-34-24-36(26-40(34)38)42(20-6-5-7-21-42)37-25-35-17-11-19-39(41(35)27-37)33-15-9-13-31(23-33)29(3)4/h8-19,22-23,26-29H,5-7,20-21,24-25H2,1-4H3. The van der Waals surface area contributed by atoms with Gasteiger partial charge in [0.2, 0.25) is 0 Å². The average molecular weight is 549 g/mol. The van der Waals surface area contributed by atoms with Crippen LogP contribution in [0.5, 0.6) is 0 Å². The normalized spacial score (nSPS) is 17.3. The van der Waals surface area contributed by atoms with Gasteiger partial charge in [0.25, 0.3) is 0 Å². The summed E-state index contributed by atoms with van der Waals surface area (Å²) >= 11 is 0. The van der Waals surface area contributed by atoms with E-state index in [2.05, 4.69) is 125 Å². The summed E-state index contributed by atoms with van der Waals surface area (Å²) in [5.74, 6) is 1.07. The monoisotopic (exact) mass is 548 g/mol. The topological polar surface area (TPSA) is 0 Å². The third kappa shape index (κ3) is 4.70. The van der Waals surface area contributed by atoms with Gasteiger partial charge in [-0.3, -0.25) is 0 Å². The minimum absolute atomic E-state index is 0.171. The molecule has 4 aromatic carbocycles. The quantitative estimate of drug-likeness (QED) is 0.225. The van der Waals surface area contributed by atoms with Crippen molar-refractivity contribution in [3.05, 3.63) is 129 Å². The molecule has 0 saturated heterocycles. The fourth-order valence-corrected chi connectivity index (χ4v) is 7.99. The Hall–Kier alpha value is -3.64. The van der Waals surface area contributed by atoms with Gasteiger partial charge in [0.15, 0.2) is 0 Å². The molecule has 0 aromatic heterocycles. The number of allylic oxidation sites excluding steroid dienone is 2. The van der Waals surface area contributed by atoms with Crippen LogP contribution in [-0.2, 0) is 12.8 Å². The first-order chi connectivity index (χ1) is 20.4. The van der Waals surface area contributed by atoms with Crippen molar-refractivity contribution in [1.29, 1.82) is 0 Å². The predicted octanol–water partition coefficient (Wildman–Crippen LogP) is 11.8. The lowest BCUT2D eigenvalue weighted by molar-refractivity contribution is 0.286. The molecular formula is C42H44. The Kier molecular flexibility index (Phi) is 7.05. The van der Waals surface area contributed by atoms with Crippen molar-refractivity contribution < 1.29 is 0 Å². The van der Waals surface area contributed by atoms with Crippen molar-refractivity contribution in [2.24, 2.45) is 5.41 Å². The zero-order chi connectivity index (χ0) is 28.8. The molecule has 0 bridgehead atoms. The van der Waals surface area contributed by atoms with E-state index in [-0.39, 0.29) is 5.41 Å². The molecule has 7 rings (SSSR count). The average Bonchev–Trinajstić information content (AvgIpc) is 3.67. The van der Waals surface area contributed by atoms with E-state index in [1.54, 1.807) is 11.1 Å². The van der Waals surface area contributed by atoms with E-state index in [1.165, 1.54) is 87.7 Å². The molecule has 1 saturated carbocycles. The Morgan fingerprint density at radius 3 is 1.43 bits per heavy atom. The first-order valence-corrected chi connectivity index (χ1v) is 16.3. The van der Waals surface area contributed by atoms with Crippen LogP contribution in [-0.4, -0.2) is 0 Å². The van der Waals surface area contributed by atoms with Crippen LogP contribution in [0.3, 0.4) is 0 Å². The zero-order valence-electron chi connectivity index (χ0n) is 25.8. The second-order valence-corrected chi connectivity index (χ2v) is 13.7. The van der Waals surface area contributed by atoms with Crippen molar-refractivity contribution in [3.63, 3.8) is 0 Å². The maximum atomic E-state index is 2.62. The molecule has 0 aliphatic heterocycles. The van der Waals surface area contributed by atoms with Gasteiger partial charge in [-0.05, 0) is 93.2 Å². The lowest BCUT2D eigenvalue weighted by Gasteiger charge is -2.40. The lowest BCUT2D eigenvalue weighted by Crippen LogP contribution is -2.29. The highest BCUT2D eigenvalue weighted by atomic mass is 14.5. The van der Waals surface area contributed by atoms with Gasteiger partial charge < -0.3 is 0 Å². The van der Waals surface area contributed by atoms with E-state index in [0.717, 1.165) is 12.8 Å². The minimum Gasteiger partial charge on any atom is -0.0614 e. The van der Waals surface area contributed by atoms with Gasteiger partial charge in [0.1, 0.15) is 0 Å². The van der Waals surface area contributed by atoms with Gasteiger partial charge in [-0.2, -0.15) is 0 Å². The molecule has 42 heavy (non-hydrogen) atoms. The maximum absolute atomic E-state index is 2.62. The largest absolute Gasteiger partial charge is 0.0614 e. The Morgan fingerprint density at radius 1 is 0.524 bits per heavy atom. The molecule has 0 nitrogen and oxygen atoms in total. The molecule has 4 aromatic rings. The van der Waals surface area contributed by atoms with Crippen molar-refractivity contribution in [2.75, 3.05) is 0 Å². The third-order valence-corrected chi connectivity index (χ3v) is 10.5. The highest BCUT2D eigenvalue weighted by Gasteiger charge is 2.42. The van der Waals surface area contributed by atoms with E-state index < -0.39 is 0 Å².